The fraction of sp³-hybridized carbons (Fsp3) is 0.235. The summed E-state index contributed by atoms with van der Waals surface area (Å²) in [5.74, 6) is 0.0279. The third kappa shape index (κ3) is 2.44. The van der Waals surface area contributed by atoms with Gasteiger partial charge in [0, 0.05) is 17.9 Å². The third-order valence-electron chi connectivity index (χ3n) is 3.80. The number of nitrogens with one attached hydrogen (secondary N) is 1. The number of nitrogens with two attached hydrogens (primary N) is 1. The Hall–Kier alpha value is -2.49. The molecule has 0 aliphatic carbocycles. The topological polar surface area (TPSA) is 58.4 Å². The maximum atomic E-state index is 11.5. The third-order valence-corrected chi connectivity index (χ3v) is 3.80. The molecular weight excluding hydrogens is 262 g/mol. The van der Waals surface area contributed by atoms with E-state index in [9.17, 15) is 4.79 Å². The van der Waals surface area contributed by atoms with Crippen molar-refractivity contribution in [2.75, 3.05) is 22.5 Å². The van der Waals surface area contributed by atoms with Crippen molar-refractivity contribution in [3.05, 3.63) is 47.5 Å². The molecule has 0 saturated heterocycles. The molecule has 0 saturated carbocycles. The lowest BCUT2D eigenvalue weighted by molar-refractivity contribution is -0.115. The standard InChI is InChI=1S/C17H19N3O/c1-3-20(13-6-4-5-11(2)7-13)16-10-15-12(8-14(16)18)9-17(21)19-15/h4-8,10H,3,9,18H2,1-2H3,(H,19,21). The molecule has 0 bridgehead atoms. The molecule has 1 aliphatic rings. The fourth-order valence-electron chi connectivity index (χ4n) is 2.80. The lowest BCUT2D eigenvalue weighted by Gasteiger charge is -2.26. The molecule has 0 fully saturated rings. The van der Waals surface area contributed by atoms with Crippen molar-refractivity contribution in [1.29, 1.82) is 0 Å². The highest BCUT2D eigenvalue weighted by atomic mass is 16.1. The summed E-state index contributed by atoms with van der Waals surface area (Å²) >= 11 is 0. The van der Waals surface area contributed by atoms with E-state index in [0.717, 1.165) is 29.2 Å². The average Bonchev–Trinajstić information content (AvgIpc) is 2.79. The zero-order valence-electron chi connectivity index (χ0n) is 12.3. The van der Waals surface area contributed by atoms with Gasteiger partial charge in [-0.1, -0.05) is 12.1 Å². The first-order valence-corrected chi connectivity index (χ1v) is 7.15. The molecule has 108 valence electrons. The molecular formula is C17H19N3O. The van der Waals surface area contributed by atoms with Crippen LogP contribution in [0.4, 0.5) is 22.7 Å². The van der Waals surface area contributed by atoms with Gasteiger partial charge in [0.15, 0.2) is 0 Å². The minimum atomic E-state index is 0.0279. The van der Waals surface area contributed by atoms with Gasteiger partial charge >= 0.3 is 0 Å². The Morgan fingerprint density at radius 2 is 2.10 bits per heavy atom. The number of aryl methyl sites for hydroxylation is 1. The number of amides is 1. The van der Waals surface area contributed by atoms with Crippen molar-refractivity contribution in [2.45, 2.75) is 20.3 Å². The maximum absolute atomic E-state index is 11.5. The lowest BCUT2D eigenvalue weighted by atomic mass is 10.1. The van der Waals surface area contributed by atoms with Gasteiger partial charge in [0.05, 0.1) is 17.8 Å². The van der Waals surface area contributed by atoms with Crippen LogP contribution in [0.15, 0.2) is 36.4 Å². The summed E-state index contributed by atoms with van der Waals surface area (Å²) in [6, 6.07) is 12.2. The Morgan fingerprint density at radius 1 is 1.29 bits per heavy atom. The lowest BCUT2D eigenvalue weighted by Crippen LogP contribution is -2.17. The second kappa shape index (κ2) is 5.13. The minimum Gasteiger partial charge on any atom is -0.397 e. The summed E-state index contributed by atoms with van der Waals surface area (Å²) < 4.78 is 0. The molecule has 0 aromatic heterocycles. The van der Waals surface area contributed by atoms with E-state index < -0.39 is 0 Å². The van der Waals surface area contributed by atoms with Crippen LogP contribution in [0.5, 0.6) is 0 Å². The van der Waals surface area contributed by atoms with Crippen molar-refractivity contribution in [3.8, 4) is 0 Å². The molecule has 0 spiro atoms. The largest absolute Gasteiger partial charge is 0.397 e. The number of hydrogen-bond donors (Lipinski definition) is 2. The van der Waals surface area contributed by atoms with Gasteiger partial charge < -0.3 is 16.0 Å². The van der Waals surface area contributed by atoms with Crippen LogP contribution in [-0.4, -0.2) is 12.5 Å². The van der Waals surface area contributed by atoms with Gasteiger partial charge in [-0.2, -0.15) is 0 Å². The molecule has 3 N–H and O–H groups in total. The van der Waals surface area contributed by atoms with Crippen LogP contribution in [0.2, 0.25) is 0 Å². The fourth-order valence-corrected chi connectivity index (χ4v) is 2.80. The van der Waals surface area contributed by atoms with Crippen LogP contribution < -0.4 is 16.0 Å². The highest BCUT2D eigenvalue weighted by Gasteiger charge is 2.21. The van der Waals surface area contributed by atoms with Crippen molar-refractivity contribution in [2.24, 2.45) is 0 Å². The molecule has 0 atom stereocenters. The number of carbonyl (C=O) groups is 1. The highest BCUT2D eigenvalue weighted by Crippen LogP contribution is 2.37. The molecule has 1 heterocycles. The van der Waals surface area contributed by atoms with Gasteiger partial charge in [0.2, 0.25) is 5.91 Å². The first-order chi connectivity index (χ1) is 10.1. The molecule has 2 aromatic carbocycles. The number of benzene rings is 2. The first kappa shape index (κ1) is 13.5. The molecule has 1 amide bonds. The number of carbonyl (C=O) groups excluding carboxylic acids is 1. The number of nitrogens with zero attached hydrogens (tertiary/aromatic N) is 1. The predicted octanol–water partition coefficient (Wildman–Crippen LogP) is 3.23. The van der Waals surface area contributed by atoms with Gasteiger partial charge in [-0.25, -0.2) is 0 Å². The number of hydrogen-bond acceptors (Lipinski definition) is 3. The van der Waals surface area contributed by atoms with E-state index in [0.29, 0.717) is 12.1 Å². The van der Waals surface area contributed by atoms with E-state index in [1.54, 1.807) is 0 Å². The number of rotatable bonds is 3. The summed E-state index contributed by atoms with van der Waals surface area (Å²) in [5, 5.41) is 2.89. The smallest absolute Gasteiger partial charge is 0.228 e. The maximum Gasteiger partial charge on any atom is 0.228 e. The molecule has 1 aliphatic heterocycles. The molecule has 4 nitrogen and oxygen atoms in total. The van der Waals surface area contributed by atoms with Crippen LogP contribution in [0.1, 0.15) is 18.1 Å². The quantitative estimate of drug-likeness (QED) is 0.849. The molecule has 4 heteroatoms. The summed E-state index contributed by atoms with van der Waals surface area (Å²) in [7, 11) is 0. The summed E-state index contributed by atoms with van der Waals surface area (Å²) in [5.41, 5.74) is 12.0. The van der Waals surface area contributed by atoms with E-state index in [1.807, 2.05) is 18.2 Å². The molecule has 0 radical (unpaired) electrons. The van der Waals surface area contributed by atoms with Gasteiger partial charge in [-0.3, -0.25) is 4.79 Å². The van der Waals surface area contributed by atoms with E-state index in [2.05, 4.69) is 42.3 Å². The average molecular weight is 281 g/mol. The zero-order chi connectivity index (χ0) is 15.0. The Balaban J connectivity index is 2.06. The Labute approximate surface area is 124 Å². The van der Waals surface area contributed by atoms with Gasteiger partial charge in [-0.15, -0.1) is 0 Å². The van der Waals surface area contributed by atoms with Crippen molar-refractivity contribution in [3.63, 3.8) is 0 Å². The van der Waals surface area contributed by atoms with Gasteiger partial charge in [0.1, 0.15) is 0 Å². The van der Waals surface area contributed by atoms with Crippen LogP contribution in [0, 0.1) is 6.92 Å². The van der Waals surface area contributed by atoms with Crippen molar-refractivity contribution < 1.29 is 4.79 Å². The number of fused-ring (bicyclic) bond motifs is 1. The molecule has 21 heavy (non-hydrogen) atoms. The van der Waals surface area contributed by atoms with E-state index in [4.69, 9.17) is 5.73 Å². The predicted molar refractivity (Wildman–Crippen MR) is 87.0 cm³/mol. The molecule has 2 aromatic rings. The van der Waals surface area contributed by atoms with Crippen LogP contribution in [0.25, 0.3) is 0 Å². The normalized spacial score (nSPS) is 13.0. The van der Waals surface area contributed by atoms with Crippen LogP contribution in [0.3, 0.4) is 0 Å². The van der Waals surface area contributed by atoms with Gasteiger partial charge in [0.25, 0.3) is 0 Å². The Kier molecular flexibility index (Phi) is 3.29. The Morgan fingerprint density at radius 3 is 2.81 bits per heavy atom. The van der Waals surface area contributed by atoms with E-state index in [1.165, 1.54) is 5.56 Å². The van der Waals surface area contributed by atoms with E-state index >= 15 is 0 Å². The summed E-state index contributed by atoms with van der Waals surface area (Å²) in [6.07, 6.45) is 0.413. The highest BCUT2D eigenvalue weighted by molar-refractivity contribution is 6.01. The second-order valence-electron chi connectivity index (χ2n) is 5.38. The van der Waals surface area contributed by atoms with Crippen molar-refractivity contribution in [1.82, 2.24) is 0 Å². The van der Waals surface area contributed by atoms with Crippen molar-refractivity contribution >= 4 is 28.7 Å². The minimum absolute atomic E-state index is 0.0279. The molecule has 0 unspecified atom stereocenters. The second-order valence-corrected chi connectivity index (χ2v) is 5.38. The SMILES string of the molecule is CCN(c1cccc(C)c1)c1cc2c(cc1N)CC(=O)N2. The number of anilines is 4. The zero-order valence-corrected chi connectivity index (χ0v) is 12.3. The van der Waals surface area contributed by atoms with Gasteiger partial charge in [-0.05, 0) is 49.2 Å². The van der Waals surface area contributed by atoms with E-state index in [-0.39, 0.29) is 5.91 Å². The first-order valence-electron chi connectivity index (χ1n) is 7.15. The monoisotopic (exact) mass is 281 g/mol. The summed E-state index contributed by atoms with van der Waals surface area (Å²) in [4.78, 5) is 13.7. The summed E-state index contributed by atoms with van der Waals surface area (Å²) in [6.45, 7) is 4.97. The van der Waals surface area contributed by atoms with Crippen LogP contribution >= 0.6 is 0 Å². The number of nitrogen functional groups attached to an aromatic ring is 1. The Bertz CT molecular complexity index is 709. The van der Waals surface area contributed by atoms with Crippen LogP contribution in [-0.2, 0) is 11.2 Å². The molecule has 3 rings (SSSR count).